The van der Waals surface area contributed by atoms with Crippen molar-refractivity contribution in [2.75, 3.05) is 13.1 Å². The molecule has 180 valence electrons. The molecule has 6 nitrogen and oxygen atoms in total. The summed E-state index contributed by atoms with van der Waals surface area (Å²) in [6.07, 6.45) is 0.698. The molecule has 34 heavy (non-hydrogen) atoms. The summed E-state index contributed by atoms with van der Waals surface area (Å²) in [5, 5.41) is 7.68. The van der Waals surface area contributed by atoms with Crippen LogP contribution in [0.5, 0.6) is 5.75 Å². The first-order chi connectivity index (χ1) is 16.0. The number of carbonyl (C=O) groups is 1. The summed E-state index contributed by atoms with van der Waals surface area (Å²) in [5.41, 5.74) is 3.39. The summed E-state index contributed by atoms with van der Waals surface area (Å²) in [6, 6.07) is 13.6. The Kier molecular flexibility index (Phi) is 7.19. The Hall–Kier alpha value is -2.97. The third-order valence-electron chi connectivity index (χ3n) is 6.24. The minimum Gasteiger partial charge on any atom is -0.486 e. The third-order valence-corrected chi connectivity index (χ3v) is 6.24. The molecule has 3 aromatic rings. The van der Waals surface area contributed by atoms with E-state index in [4.69, 9.17) is 4.74 Å². The van der Waals surface area contributed by atoms with Crippen molar-refractivity contribution in [3.05, 3.63) is 82.7 Å². The maximum Gasteiger partial charge on any atom is 0.236 e. The van der Waals surface area contributed by atoms with E-state index in [2.05, 4.69) is 10.4 Å². The van der Waals surface area contributed by atoms with Crippen LogP contribution < -0.4 is 10.1 Å². The van der Waals surface area contributed by atoms with Gasteiger partial charge in [-0.3, -0.25) is 9.48 Å². The highest BCUT2D eigenvalue weighted by atomic mass is 35.5. The summed E-state index contributed by atoms with van der Waals surface area (Å²) in [7, 11) is 0. The number of ether oxygens (including phenoxy) is 1. The van der Waals surface area contributed by atoms with Gasteiger partial charge in [-0.1, -0.05) is 30.3 Å². The molecule has 2 heterocycles. The maximum absolute atomic E-state index is 14.6. The summed E-state index contributed by atoms with van der Waals surface area (Å²) in [4.78, 5) is 14.5. The molecule has 5 rings (SSSR count). The lowest BCUT2D eigenvalue weighted by molar-refractivity contribution is -0.131. The number of hydrogen-bond donors (Lipinski definition) is 1. The number of benzene rings is 2. The third kappa shape index (κ3) is 5.23. The van der Waals surface area contributed by atoms with E-state index < -0.39 is 11.6 Å². The lowest BCUT2D eigenvalue weighted by Crippen LogP contribution is -2.43. The number of nitrogens with one attached hydrogen (secondary N) is 1. The number of nitrogens with zero attached hydrogens (tertiary/aromatic N) is 3. The number of aryl methyl sites for hydroxylation is 1. The van der Waals surface area contributed by atoms with E-state index in [0.29, 0.717) is 31.6 Å². The Morgan fingerprint density at radius 3 is 2.76 bits per heavy atom. The van der Waals surface area contributed by atoms with Crippen LogP contribution in [-0.2, 0) is 24.5 Å². The molecular weight excluding hydrogens is 462 g/mol. The van der Waals surface area contributed by atoms with Gasteiger partial charge in [0.25, 0.3) is 0 Å². The van der Waals surface area contributed by atoms with E-state index in [9.17, 15) is 13.6 Å². The monoisotopic (exact) mass is 488 g/mol. The van der Waals surface area contributed by atoms with Crippen molar-refractivity contribution in [1.82, 2.24) is 20.0 Å². The van der Waals surface area contributed by atoms with Gasteiger partial charge in [-0.2, -0.15) is 5.10 Å². The largest absolute Gasteiger partial charge is 0.486 e. The second-order valence-corrected chi connectivity index (χ2v) is 8.73. The van der Waals surface area contributed by atoms with Crippen molar-refractivity contribution < 1.29 is 18.3 Å². The van der Waals surface area contributed by atoms with Gasteiger partial charge in [-0.25, -0.2) is 8.78 Å². The van der Waals surface area contributed by atoms with E-state index in [0.717, 1.165) is 23.0 Å². The molecule has 1 saturated carbocycles. The Morgan fingerprint density at radius 1 is 1.18 bits per heavy atom. The van der Waals surface area contributed by atoms with Crippen LogP contribution in [0.3, 0.4) is 0 Å². The lowest BCUT2D eigenvalue weighted by Gasteiger charge is -2.27. The minimum atomic E-state index is -0.706. The molecule has 1 fully saturated rings. The summed E-state index contributed by atoms with van der Waals surface area (Å²) in [5.74, 6) is -1.34. The number of carbonyl (C=O) groups excluding carboxylic acids is 1. The zero-order valence-electron chi connectivity index (χ0n) is 18.8. The van der Waals surface area contributed by atoms with Crippen molar-refractivity contribution >= 4 is 18.3 Å². The van der Waals surface area contributed by atoms with Gasteiger partial charge < -0.3 is 15.0 Å². The number of rotatable bonds is 7. The zero-order chi connectivity index (χ0) is 22.9. The van der Waals surface area contributed by atoms with E-state index in [1.165, 1.54) is 6.07 Å². The molecule has 1 aliphatic heterocycles. The Labute approximate surface area is 203 Å². The first-order valence-corrected chi connectivity index (χ1v) is 11.2. The molecule has 2 atom stereocenters. The lowest BCUT2D eigenvalue weighted by atomic mass is 10.1. The summed E-state index contributed by atoms with van der Waals surface area (Å²) >= 11 is 0. The molecule has 0 radical (unpaired) electrons. The number of fused-ring (bicyclic) bond motifs is 1. The molecule has 1 aromatic heterocycles. The van der Waals surface area contributed by atoms with Crippen molar-refractivity contribution in [2.24, 2.45) is 0 Å². The average molecular weight is 489 g/mol. The van der Waals surface area contributed by atoms with Crippen molar-refractivity contribution in [2.45, 2.75) is 45.0 Å². The Bertz CT molecular complexity index is 1170. The molecule has 1 amide bonds. The number of halogens is 3. The molecule has 9 heteroatoms. The fourth-order valence-electron chi connectivity index (χ4n) is 4.46. The number of amides is 1. The number of aromatic nitrogens is 2. The first-order valence-electron chi connectivity index (χ1n) is 11.2. The van der Waals surface area contributed by atoms with Gasteiger partial charge in [0.1, 0.15) is 12.4 Å². The van der Waals surface area contributed by atoms with Crippen LogP contribution in [0.4, 0.5) is 8.78 Å². The standard InChI is InChI=1S/C25H26F2N4O2.ClH/c1-16-9-19-14-30(7-8-31(19)29-16)24(32)13-28-23-12-20(23)21-10-18(26)11-22(27)25(21)33-15-17-5-3-2-4-6-17;/h2-6,9-11,20,23,28H,7-8,12-15H2,1H3;1H/t20-,23+;/m0./s1. The van der Waals surface area contributed by atoms with Crippen LogP contribution in [0.2, 0.25) is 0 Å². The highest BCUT2D eigenvalue weighted by Crippen LogP contribution is 2.46. The number of hydrogen-bond acceptors (Lipinski definition) is 4. The minimum absolute atomic E-state index is 0. The van der Waals surface area contributed by atoms with Gasteiger partial charge in [0.2, 0.25) is 5.91 Å². The molecular formula is C25H27ClF2N4O2. The second kappa shape index (κ2) is 10.1. The molecule has 0 spiro atoms. The maximum atomic E-state index is 14.6. The van der Waals surface area contributed by atoms with Crippen LogP contribution in [0.15, 0.2) is 48.5 Å². The molecule has 0 bridgehead atoms. The molecule has 2 aromatic carbocycles. The Morgan fingerprint density at radius 2 is 1.97 bits per heavy atom. The van der Waals surface area contributed by atoms with E-state index in [-0.39, 0.29) is 49.2 Å². The SMILES string of the molecule is Cc1cc2n(n1)CCN(C(=O)CN[C@@H]1C[C@H]1c1cc(F)cc(F)c1OCc1ccccc1)C2.Cl. The van der Waals surface area contributed by atoms with Gasteiger partial charge in [0.15, 0.2) is 11.6 Å². The van der Waals surface area contributed by atoms with Gasteiger partial charge in [-0.05, 0) is 31.0 Å². The van der Waals surface area contributed by atoms with Gasteiger partial charge >= 0.3 is 0 Å². The van der Waals surface area contributed by atoms with E-state index in [1.54, 1.807) is 0 Å². The average Bonchev–Trinajstić information content (AvgIpc) is 3.48. The van der Waals surface area contributed by atoms with Crippen LogP contribution >= 0.6 is 12.4 Å². The van der Waals surface area contributed by atoms with Gasteiger partial charge in [-0.15, -0.1) is 12.4 Å². The Balaban J connectivity index is 0.00000274. The van der Waals surface area contributed by atoms with Crippen molar-refractivity contribution in [3.8, 4) is 5.75 Å². The highest BCUT2D eigenvalue weighted by molar-refractivity contribution is 5.85. The normalized spacial score (nSPS) is 18.7. The fourth-order valence-corrected chi connectivity index (χ4v) is 4.46. The summed E-state index contributed by atoms with van der Waals surface area (Å²) < 4.78 is 36.2. The van der Waals surface area contributed by atoms with Gasteiger partial charge in [0.05, 0.1) is 31.0 Å². The van der Waals surface area contributed by atoms with Gasteiger partial charge in [0, 0.05) is 30.1 Å². The second-order valence-electron chi connectivity index (χ2n) is 8.73. The van der Waals surface area contributed by atoms with E-state index >= 15 is 0 Å². The predicted octanol–water partition coefficient (Wildman–Crippen LogP) is 3.96. The van der Waals surface area contributed by atoms with Crippen LogP contribution in [0, 0.1) is 18.6 Å². The smallest absolute Gasteiger partial charge is 0.236 e. The van der Waals surface area contributed by atoms with E-state index in [1.807, 2.05) is 52.9 Å². The van der Waals surface area contributed by atoms with Crippen molar-refractivity contribution in [1.29, 1.82) is 0 Å². The first kappa shape index (κ1) is 24.2. The fraction of sp³-hybridized carbons (Fsp3) is 0.360. The summed E-state index contributed by atoms with van der Waals surface area (Å²) in [6.45, 7) is 4.18. The van der Waals surface area contributed by atoms with Crippen LogP contribution in [-0.4, -0.2) is 39.7 Å². The zero-order valence-corrected chi connectivity index (χ0v) is 19.7. The topological polar surface area (TPSA) is 59.4 Å². The quantitative estimate of drug-likeness (QED) is 0.547. The van der Waals surface area contributed by atoms with Crippen LogP contribution in [0.1, 0.15) is 34.9 Å². The van der Waals surface area contributed by atoms with Crippen LogP contribution in [0.25, 0.3) is 0 Å². The molecule has 1 N–H and O–H groups in total. The molecule has 0 saturated heterocycles. The molecule has 2 aliphatic rings. The van der Waals surface area contributed by atoms with Crippen molar-refractivity contribution in [3.63, 3.8) is 0 Å². The molecule has 1 aliphatic carbocycles. The highest BCUT2D eigenvalue weighted by Gasteiger charge is 2.41. The molecule has 0 unspecified atom stereocenters. The predicted molar refractivity (Wildman–Crippen MR) is 126 cm³/mol.